The molecule has 1 amide bonds. The lowest BCUT2D eigenvalue weighted by Crippen LogP contribution is -2.38. The van der Waals surface area contributed by atoms with Gasteiger partial charge in [-0.15, -0.1) is 0 Å². The van der Waals surface area contributed by atoms with Crippen LogP contribution in [-0.2, 0) is 4.79 Å². The highest BCUT2D eigenvalue weighted by molar-refractivity contribution is 5.94. The third-order valence-corrected chi connectivity index (χ3v) is 2.01. The Balaban J connectivity index is 2.68. The largest absolute Gasteiger partial charge is 0.491 e. The van der Waals surface area contributed by atoms with Crippen LogP contribution in [0.25, 0.3) is 0 Å². The lowest BCUT2D eigenvalue weighted by Gasteiger charge is -2.12. The number of benzene rings is 1. The first-order valence-electron chi connectivity index (χ1n) is 5.47. The molecule has 94 valence electrons. The zero-order valence-electron chi connectivity index (χ0n) is 10.0. The summed E-state index contributed by atoms with van der Waals surface area (Å²) < 4.78 is 5.49. The first-order valence-corrected chi connectivity index (χ1v) is 5.47. The minimum absolute atomic E-state index is 0.0700. The molecule has 1 rings (SSSR count). The summed E-state index contributed by atoms with van der Waals surface area (Å²) in [6.07, 6.45) is 0.0700. The van der Waals surface area contributed by atoms with Crippen LogP contribution in [-0.4, -0.2) is 29.8 Å². The number of amides is 1. The Morgan fingerprint density at radius 2 is 2.24 bits per heavy atom. The van der Waals surface area contributed by atoms with Gasteiger partial charge in [0, 0.05) is 11.8 Å². The predicted octanol–water partition coefficient (Wildman–Crippen LogP) is 0.732. The summed E-state index contributed by atoms with van der Waals surface area (Å²) in [7, 11) is 0. The second-order valence-corrected chi connectivity index (χ2v) is 3.97. The van der Waals surface area contributed by atoms with Crippen molar-refractivity contribution in [3.05, 3.63) is 24.3 Å². The minimum atomic E-state index is -0.912. The summed E-state index contributed by atoms with van der Waals surface area (Å²) >= 11 is 0. The van der Waals surface area contributed by atoms with Crippen molar-refractivity contribution >= 4 is 11.6 Å². The van der Waals surface area contributed by atoms with Crippen LogP contribution in [0.15, 0.2) is 24.3 Å². The van der Waals surface area contributed by atoms with E-state index in [0.717, 1.165) is 0 Å². The lowest BCUT2D eigenvalue weighted by atomic mass is 10.2. The number of nitrogens with two attached hydrogens (primary N) is 1. The van der Waals surface area contributed by atoms with Crippen LogP contribution in [0.3, 0.4) is 0 Å². The maximum Gasteiger partial charge on any atom is 0.243 e. The second-order valence-electron chi connectivity index (χ2n) is 3.97. The Morgan fingerprint density at radius 3 is 2.82 bits per heavy atom. The smallest absolute Gasteiger partial charge is 0.243 e. The molecule has 0 aliphatic heterocycles. The van der Waals surface area contributed by atoms with Gasteiger partial charge in [0.1, 0.15) is 11.8 Å². The molecule has 17 heavy (non-hydrogen) atoms. The summed E-state index contributed by atoms with van der Waals surface area (Å²) in [6, 6.07) is 6.11. The number of rotatable bonds is 5. The van der Waals surface area contributed by atoms with Crippen molar-refractivity contribution in [2.75, 3.05) is 11.9 Å². The van der Waals surface area contributed by atoms with Crippen LogP contribution < -0.4 is 15.8 Å². The molecule has 0 bridgehead atoms. The fourth-order valence-corrected chi connectivity index (χ4v) is 1.24. The fraction of sp³-hybridized carbons (Fsp3) is 0.417. The normalized spacial score (nSPS) is 12.3. The van der Waals surface area contributed by atoms with Crippen molar-refractivity contribution in [2.45, 2.75) is 26.0 Å². The van der Waals surface area contributed by atoms with Gasteiger partial charge >= 0.3 is 0 Å². The van der Waals surface area contributed by atoms with Crippen molar-refractivity contribution in [1.82, 2.24) is 0 Å². The maximum absolute atomic E-state index is 11.4. The standard InChI is InChI=1S/C12H18N2O3/c1-8(2)17-10-5-3-4-9(6-10)14-12(16)11(13)7-15/h3-6,8,11,15H,7,13H2,1-2H3,(H,14,16)/t11-/m1/s1. The quantitative estimate of drug-likeness (QED) is 0.706. The molecule has 0 radical (unpaired) electrons. The molecular weight excluding hydrogens is 220 g/mol. The number of hydrogen-bond donors (Lipinski definition) is 3. The zero-order chi connectivity index (χ0) is 12.8. The van der Waals surface area contributed by atoms with E-state index in [0.29, 0.717) is 11.4 Å². The molecule has 0 aromatic heterocycles. The van der Waals surface area contributed by atoms with Crippen molar-refractivity contribution in [1.29, 1.82) is 0 Å². The van der Waals surface area contributed by atoms with Crippen molar-refractivity contribution in [2.24, 2.45) is 5.73 Å². The van der Waals surface area contributed by atoms with Crippen molar-refractivity contribution < 1.29 is 14.6 Å². The van der Waals surface area contributed by atoms with E-state index in [1.165, 1.54) is 0 Å². The summed E-state index contributed by atoms with van der Waals surface area (Å²) in [4.78, 5) is 11.4. The Morgan fingerprint density at radius 1 is 1.53 bits per heavy atom. The van der Waals surface area contributed by atoms with E-state index in [9.17, 15) is 4.79 Å². The molecule has 5 nitrogen and oxygen atoms in total. The van der Waals surface area contributed by atoms with Gasteiger partial charge in [-0.3, -0.25) is 4.79 Å². The zero-order valence-corrected chi connectivity index (χ0v) is 10.0. The Bertz CT molecular complexity index is 380. The van der Waals surface area contributed by atoms with E-state index < -0.39 is 11.9 Å². The van der Waals surface area contributed by atoms with Gasteiger partial charge in [-0.05, 0) is 26.0 Å². The Hall–Kier alpha value is -1.59. The Kier molecular flexibility index (Phi) is 4.93. The third-order valence-electron chi connectivity index (χ3n) is 2.01. The molecule has 1 atom stereocenters. The maximum atomic E-state index is 11.4. The molecule has 1 aromatic carbocycles. The molecule has 0 saturated carbocycles. The molecule has 0 unspecified atom stereocenters. The molecule has 0 heterocycles. The van der Waals surface area contributed by atoms with Crippen LogP contribution >= 0.6 is 0 Å². The second kappa shape index (κ2) is 6.22. The van der Waals surface area contributed by atoms with Crippen LogP contribution in [0.5, 0.6) is 5.75 Å². The minimum Gasteiger partial charge on any atom is -0.491 e. The summed E-state index contributed by atoms with van der Waals surface area (Å²) in [5.74, 6) is 0.254. The molecule has 0 saturated heterocycles. The van der Waals surface area contributed by atoms with Gasteiger partial charge in [-0.2, -0.15) is 0 Å². The number of carbonyl (C=O) groups is 1. The topological polar surface area (TPSA) is 84.6 Å². The number of nitrogens with one attached hydrogen (secondary N) is 1. The van der Waals surface area contributed by atoms with Gasteiger partial charge in [0.2, 0.25) is 5.91 Å². The predicted molar refractivity (Wildman–Crippen MR) is 65.9 cm³/mol. The average Bonchev–Trinajstić information content (AvgIpc) is 2.27. The monoisotopic (exact) mass is 238 g/mol. The molecule has 1 aromatic rings. The average molecular weight is 238 g/mol. The number of anilines is 1. The molecule has 0 aliphatic carbocycles. The van der Waals surface area contributed by atoms with Crippen molar-refractivity contribution in [3.63, 3.8) is 0 Å². The van der Waals surface area contributed by atoms with Crippen LogP contribution in [0.2, 0.25) is 0 Å². The molecule has 0 spiro atoms. The van der Waals surface area contributed by atoms with E-state index in [2.05, 4.69) is 5.32 Å². The number of carbonyl (C=O) groups excluding carboxylic acids is 1. The van der Waals surface area contributed by atoms with Crippen LogP contribution in [0.1, 0.15) is 13.8 Å². The molecule has 4 N–H and O–H groups in total. The van der Waals surface area contributed by atoms with Gasteiger partial charge in [0.15, 0.2) is 0 Å². The van der Waals surface area contributed by atoms with Crippen LogP contribution in [0.4, 0.5) is 5.69 Å². The summed E-state index contributed by atoms with van der Waals surface area (Å²) in [5, 5.41) is 11.3. The van der Waals surface area contributed by atoms with Crippen LogP contribution in [0, 0.1) is 0 Å². The molecular formula is C12H18N2O3. The first-order chi connectivity index (χ1) is 8.02. The highest BCUT2D eigenvalue weighted by Gasteiger charge is 2.12. The van der Waals surface area contributed by atoms with E-state index in [4.69, 9.17) is 15.6 Å². The van der Waals surface area contributed by atoms with E-state index in [1.807, 2.05) is 19.9 Å². The highest BCUT2D eigenvalue weighted by atomic mass is 16.5. The summed E-state index contributed by atoms with van der Waals surface area (Å²) in [6.45, 7) is 3.47. The first kappa shape index (κ1) is 13.5. The third kappa shape index (κ3) is 4.42. The van der Waals surface area contributed by atoms with Crippen molar-refractivity contribution in [3.8, 4) is 5.75 Å². The van der Waals surface area contributed by atoms with Gasteiger partial charge in [-0.25, -0.2) is 0 Å². The number of hydrogen-bond acceptors (Lipinski definition) is 4. The van der Waals surface area contributed by atoms with Gasteiger partial charge < -0.3 is 20.9 Å². The highest BCUT2D eigenvalue weighted by Crippen LogP contribution is 2.18. The molecule has 5 heteroatoms. The molecule has 0 fully saturated rings. The number of ether oxygens (including phenoxy) is 1. The SMILES string of the molecule is CC(C)Oc1cccc(NC(=O)[C@H](N)CO)c1. The van der Waals surface area contributed by atoms with E-state index in [-0.39, 0.29) is 12.7 Å². The molecule has 0 aliphatic rings. The van der Waals surface area contributed by atoms with E-state index >= 15 is 0 Å². The summed E-state index contributed by atoms with van der Waals surface area (Å²) in [5.41, 5.74) is 5.98. The lowest BCUT2D eigenvalue weighted by molar-refractivity contribution is -0.118. The van der Waals surface area contributed by atoms with Gasteiger partial charge in [0.05, 0.1) is 12.7 Å². The number of aliphatic hydroxyl groups excluding tert-OH is 1. The van der Waals surface area contributed by atoms with Gasteiger partial charge in [-0.1, -0.05) is 6.07 Å². The van der Waals surface area contributed by atoms with Gasteiger partial charge in [0.25, 0.3) is 0 Å². The fourth-order valence-electron chi connectivity index (χ4n) is 1.24. The number of aliphatic hydroxyl groups is 1. The van der Waals surface area contributed by atoms with E-state index in [1.54, 1.807) is 18.2 Å². The Labute approximate surface area is 101 Å².